The quantitative estimate of drug-likeness (QED) is 0.719. The van der Waals surface area contributed by atoms with E-state index >= 15 is 0 Å². The number of carbonyl (C=O) groups is 2. The summed E-state index contributed by atoms with van der Waals surface area (Å²) >= 11 is 0. The van der Waals surface area contributed by atoms with E-state index in [1.807, 2.05) is 48.5 Å². The number of piperidine rings is 1. The number of hydrogen-bond donors (Lipinski definition) is 1. The third kappa shape index (κ3) is 5.43. The lowest BCUT2D eigenvalue weighted by Gasteiger charge is -2.34. The lowest BCUT2D eigenvalue weighted by atomic mass is 9.78. The van der Waals surface area contributed by atoms with Crippen molar-refractivity contribution in [1.82, 2.24) is 10.2 Å². The highest BCUT2D eigenvalue weighted by Crippen LogP contribution is 2.36. The molecule has 0 bridgehead atoms. The molecule has 176 valence electrons. The molecule has 9 heteroatoms. The van der Waals surface area contributed by atoms with Crippen molar-refractivity contribution in [3.63, 3.8) is 0 Å². The van der Waals surface area contributed by atoms with Crippen molar-refractivity contribution in [2.45, 2.75) is 84.2 Å². The van der Waals surface area contributed by atoms with Crippen molar-refractivity contribution in [1.29, 1.82) is 0 Å². The highest BCUT2D eigenvalue weighted by atomic mass is 19.1. The number of ether oxygens (including phenoxy) is 1. The third-order valence-electron chi connectivity index (χ3n) is 6.17. The van der Waals surface area contributed by atoms with Crippen LogP contribution in [0.5, 0.6) is 0 Å². The van der Waals surface area contributed by atoms with E-state index in [9.17, 15) is 14.0 Å². The first-order valence-electron chi connectivity index (χ1n) is 11.1. The van der Waals surface area contributed by atoms with Gasteiger partial charge in [0.25, 0.3) is 5.91 Å². The second kappa shape index (κ2) is 8.67. The monoisotopic (exact) mass is 448 g/mol. The summed E-state index contributed by atoms with van der Waals surface area (Å²) in [5, 5.41) is 2.85. The molecular weight excluding hydrogens is 414 g/mol. The van der Waals surface area contributed by atoms with Crippen LogP contribution in [-0.4, -0.2) is 60.0 Å². The number of carbonyl (C=O) groups excluding carboxylic acids is 2. The maximum atomic E-state index is 14.8. The van der Waals surface area contributed by atoms with Crippen LogP contribution in [0, 0.1) is 5.82 Å². The first kappa shape index (κ1) is 24.5. The van der Waals surface area contributed by atoms with Gasteiger partial charge in [0.05, 0.1) is 16.8 Å². The summed E-state index contributed by atoms with van der Waals surface area (Å²) in [6.45, 7) is 14.0. The summed E-state index contributed by atoms with van der Waals surface area (Å²) in [4.78, 5) is 26.6. The summed E-state index contributed by atoms with van der Waals surface area (Å²) in [5.74, 6) is -1.16. The minimum Gasteiger partial charge on any atom is -0.444 e. The Labute approximate surface area is 190 Å². The fourth-order valence-electron chi connectivity index (χ4n) is 3.69. The fraction of sp³-hybridized carbons (Fsp3) is 0.652. The predicted molar refractivity (Wildman–Crippen MR) is 120 cm³/mol. The number of amides is 2. The van der Waals surface area contributed by atoms with Gasteiger partial charge >= 0.3 is 13.2 Å². The SMILES string of the molecule is CC(C)(C)OC(=O)N1CCCC(NC(=O)c2ccc(B3OC(C)(C)C(C)(C)O3)cc2F)C1. The van der Waals surface area contributed by atoms with Crippen molar-refractivity contribution in [3.8, 4) is 0 Å². The molecule has 0 radical (unpaired) electrons. The van der Waals surface area contributed by atoms with Crippen LogP contribution in [-0.2, 0) is 14.0 Å². The largest absolute Gasteiger partial charge is 0.494 e. The normalized spacial score (nSPS) is 22.6. The van der Waals surface area contributed by atoms with Crippen molar-refractivity contribution in [2.24, 2.45) is 0 Å². The molecular formula is C23H34BFN2O5. The van der Waals surface area contributed by atoms with Crippen LogP contribution in [0.4, 0.5) is 9.18 Å². The molecule has 1 unspecified atom stereocenters. The average Bonchev–Trinajstić information content (AvgIpc) is 2.87. The van der Waals surface area contributed by atoms with Gasteiger partial charge in [0, 0.05) is 19.1 Å². The second-order valence-corrected chi connectivity index (χ2v) is 10.6. The topological polar surface area (TPSA) is 77.1 Å². The van der Waals surface area contributed by atoms with Gasteiger partial charge in [-0.3, -0.25) is 4.79 Å². The third-order valence-corrected chi connectivity index (χ3v) is 6.17. The molecule has 0 spiro atoms. The minimum absolute atomic E-state index is 0.0559. The van der Waals surface area contributed by atoms with Gasteiger partial charge < -0.3 is 24.3 Å². The maximum Gasteiger partial charge on any atom is 0.494 e. The molecule has 1 atom stereocenters. The first-order valence-corrected chi connectivity index (χ1v) is 11.1. The second-order valence-electron chi connectivity index (χ2n) is 10.6. The minimum atomic E-state index is -0.702. The van der Waals surface area contributed by atoms with Crippen LogP contribution in [0.1, 0.15) is 71.7 Å². The van der Waals surface area contributed by atoms with Crippen LogP contribution >= 0.6 is 0 Å². The number of nitrogens with one attached hydrogen (secondary N) is 1. The van der Waals surface area contributed by atoms with Crippen LogP contribution < -0.4 is 10.8 Å². The van der Waals surface area contributed by atoms with Gasteiger partial charge in [0.2, 0.25) is 0 Å². The van der Waals surface area contributed by atoms with Crippen molar-refractivity contribution in [3.05, 3.63) is 29.6 Å². The maximum absolute atomic E-state index is 14.8. The summed E-state index contributed by atoms with van der Waals surface area (Å²) < 4.78 is 32.2. The number of hydrogen-bond acceptors (Lipinski definition) is 5. The molecule has 2 aliphatic rings. The Morgan fingerprint density at radius 3 is 2.38 bits per heavy atom. The number of halogens is 1. The highest BCUT2D eigenvalue weighted by Gasteiger charge is 2.51. The Morgan fingerprint density at radius 1 is 1.19 bits per heavy atom. The summed E-state index contributed by atoms with van der Waals surface area (Å²) in [6.07, 6.45) is 1.03. The van der Waals surface area contributed by atoms with Crippen LogP contribution in [0.15, 0.2) is 18.2 Å². The van der Waals surface area contributed by atoms with E-state index in [2.05, 4.69) is 5.32 Å². The zero-order valence-corrected chi connectivity index (χ0v) is 20.1. The van der Waals surface area contributed by atoms with Crippen molar-refractivity contribution >= 4 is 24.6 Å². The Kier molecular flexibility index (Phi) is 6.64. The zero-order valence-electron chi connectivity index (χ0n) is 20.1. The molecule has 1 aromatic rings. The molecule has 32 heavy (non-hydrogen) atoms. The molecule has 1 aromatic carbocycles. The molecule has 2 fully saturated rings. The van der Waals surface area contributed by atoms with Gasteiger partial charge in [-0.15, -0.1) is 0 Å². The molecule has 2 amide bonds. The van der Waals surface area contributed by atoms with Gasteiger partial charge in [0.15, 0.2) is 0 Å². The summed E-state index contributed by atoms with van der Waals surface area (Å²) in [5.41, 5.74) is -1.20. The lowest BCUT2D eigenvalue weighted by molar-refractivity contribution is 0.00578. The number of rotatable bonds is 3. The molecule has 7 nitrogen and oxygen atoms in total. The first-order chi connectivity index (χ1) is 14.7. The molecule has 3 rings (SSSR count). The predicted octanol–water partition coefficient (Wildman–Crippen LogP) is 3.25. The van der Waals surface area contributed by atoms with Gasteiger partial charge in [-0.1, -0.05) is 6.07 Å². The van der Waals surface area contributed by atoms with E-state index in [0.717, 1.165) is 6.42 Å². The lowest BCUT2D eigenvalue weighted by Crippen LogP contribution is -2.50. The Hall–Kier alpha value is -2.13. The van der Waals surface area contributed by atoms with Crippen LogP contribution in [0.25, 0.3) is 0 Å². The van der Waals surface area contributed by atoms with E-state index in [4.69, 9.17) is 14.0 Å². The highest BCUT2D eigenvalue weighted by molar-refractivity contribution is 6.62. The smallest absolute Gasteiger partial charge is 0.444 e. The van der Waals surface area contributed by atoms with E-state index in [1.54, 1.807) is 11.0 Å². The summed E-state index contributed by atoms with van der Waals surface area (Å²) in [6, 6.07) is 4.10. The van der Waals surface area contributed by atoms with Crippen LogP contribution in [0.2, 0.25) is 0 Å². The molecule has 0 aliphatic carbocycles. The fourth-order valence-corrected chi connectivity index (χ4v) is 3.69. The van der Waals surface area contributed by atoms with Crippen molar-refractivity contribution < 1.29 is 28.0 Å². The molecule has 1 N–H and O–H groups in total. The number of nitrogens with zero attached hydrogens (tertiary/aromatic N) is 1. The van der Waals surface area contributed by atoms with Gasteiger partial charge in [-0.05, 0) is 78.9 Å². The Morgan fingerprint density at radius 2 is 1.81 bits per heavy atom. The molecule has 2 heterocycles. The van der Waals surface area contributed by atoms with E-state index < -0.39 is 41.7 Å². The van der Waals surface area contributed by atoms with Crippen LogP contribution in [0.3, 0.4) is 0 Å². The average molecular weight is 448 g/mol. The Balaban J connectivity index is 1.64. The summed E-state index contributed by atoms with van der Waals surface area (Å²) in [7, 11) is -0.702. The van der Waals surface area contributed by atoms with Gasteiger partial charge in [0.1, 0.15) is 11.4 Å². The van der Waals surface area contributed by atoms with E-state index in [-0.39, 0.29) is 11.6 Å². The molecule has 2 aliphatic heterocycles. The number of benzene rings is 1. The molecule has 2 saturated heterocycles. The van der Waals surface area contributed by atoms with E-state index in [0.29, 0.717) is 25.0 Å². The standard InChI is InChI=1S/C23H34BFN2O5/c1-21(2,3)30-20(29)27-12-8-9-16(14-27)26-19(28)17-11-10-15(13-18(17)25)24-31-22(4,5)23(6,7)32-24/h10-11,13,16H,8-9,12,14H2,1-7H3,(H,26,28). The van der Waals surface area contributed by atoms with E-state index in [1.165, 1.54) is 12.1 Å². The molecule has 0 aromatic heterocycles. The zero-order chi connectivity index (χ0) is 23.9. The molecule has 0 saturated carbocycles. The Bertz CT molecular complexity index is 868. The van der Waals surface area contributed by atoms with Crippen molar-refractivity contribution in [2.75, 3.05) is 13.1 Å². The van der Waals surface area contributed by atoms with Gasteiger partial charge in [-0.25, -0.2) is 9.18 Å². The number of likely N-dealkylation sites (tertiary alicyclic amines) is 1. The van der Waals surface area contributed by atoms with Gasteiger partial charge in [-0.2, -0.15) is 0 Å².